The van der Waals surface area contributed by atoms with E-state index in [1.165, 1.54) is 24.1 Å². The van der Waals surface area contributed by atoms with Crippen molar-refractivity contribution in [3.05, 3.63) is 94.1 Å². The SMILES string of the molecule is C=O.CC=O.Cc1ccc(CC(=O)C2=CC=CC2C)cc1C.Cc1cccc(C(F)(F)F)c1.[HH].[HH]. The van der Waals surface area contributed by atoms with E-state index in [2.05, 4.69) is 39.0 Å². The van der Waals surface area contributed by atoms with Crippen LogP contribution in [0.1, 0.15) is 44.5 Å². The quantitative estimate of drug-likeness (QED) is 0.456. The fraction of sp³-hybridized carbons (Fsp3) is 0.296. The van der Waals surface area contributed by atoms with Crippen LogP contribution in [0, 0.1) is 26.7 Å². The molecule has 0 N–H and O–H groups in total. The Morgan fingerprint density at radius 2 is 1.67 bits per heavy atom. The molecule has 1 aliphatic rings. The monoisotopic (exact) mass is 464 g/mol. The van der Waals surface area contributed by atoms with Crippen molar-refractivity contribution in [1.29, 1.82) is 0 Å². The Hall–Kier alpha value is -3.28. The van der Waals surface area contributed by atoms with Gasteiger partial charge in [0.05, 0.1) is 5.56 Å². The Kier molecular flexibility index (Phi) is 13.3. The van der Waals surface area contributed by atoms with Gasteiger partial charge in [-0.2, -0.15) is 13.2 Å². The second kappa shape index (κ2) is 14.7. The molecule has 2 aromatic rings. The first-order chi connectivity index (χ1) is 15.5. The van der Waals surface area contributed by atoms with Crippen molar-refractivity contribution >= 4 is 18.9 Å². The summed E-state index contributed by atoms with van der Waals surface area (Å²) in [5.74, 6) is 0.514. The van der Waals surface area contributed by atoms with Crippen molar-refractivity contribution in [2.45, 2.75) is 47.2 Å². The lowest BCUT2D eigenvalue weighted by molar-refractivity contribution is -0.137. The Morgan fingerprint density at radius 1 is 1.06 bits per heavy atom. The highest BCUT2D eigenvalue weighted by molar-refractivity contribution is 5.98. The average molecular weight is 465 g/mol. The molecule has 1 aliphatic carbocycles. The highest BCUT2D eigenvalue weighted by Crippen LogP contribution is 2.29. The zero-order chi connectivity index (χ0) is 25.6. The van der Waals surface area contributed by atoms with Crippen molar-refractivity contribution in [1.82, 2.24) is 0 Å². The summed E-state index contributed by atoms with van der Waals surface area (Å²) in [6, 6.07) is 11.5. The van der Waals surface area contributed by atoms with E-state index < -0.39 is 11.7 Å². The van der Waals surface area contributed by atoms with E-state index in [4.69, 9.17) is 9.59 Å². The molecule has 33 heavy (non-hydrogen) atoms. The first kappa shape index (κ1) is 29.7. The molecule has 182 valence electrons. The molecular formula is C27H35F3O3. The van der Waals surface area contributed by atoms with Gasteiger partial charge in [0.15, 0.2) is 5.78 Å². The number of aldehydes is 1. The van der Waals surface area contributed by atoms with E-state index in [1.807, 2.05) is 25.0 Å². The molecule has 0 radical (unpaired) electrons. The number of aryl methyl sites for hydroxylation is 3. The van der Waals surface area contributed by atoms with E-state index >= 15 is 0 Å². The first-order valence-electron chi connectivity index (χ1n) is 10.3. The lowest BCUT2D eigenvalue weighted by atomic mass is 9.95. The number of carbonyl (C=O) groups is 3. The Morgan fingerprint density at radius 3 is 2.09 bits per heavy atom. The molecule has 2 aromatic carbocycles. The Balaban J connectivity index is -0.000000496. The number of carbonyl (C=O) groups excluding carboxylic acids is 3. The molecule has 0 aliphatic heterocycles. The molecule has 0 heterocycles. The number of hydrogen-bond donors (Lipinski definition) is 0. The van der Waals surface area contributed by atoms with Crippen LogP contribution in [-0.2, 0) is 27.0 Å². The normalized spacial score (nSPS) is 13.8. The van der Waals surface area contributed by atoms with Gasteiger partial charge in [0, 0.05) is 20.8 Å². The zero-order valence-electron chi connectivity index (χ0n) is 19.7. The van der Waals surface area contributed by atoms with Gasteiger partial charge < -0.3 is 9.59 Å². The van der Waals surface area contributed by atoms with E-state index in [1.54, 1.807) is 13.0 Å². The number of halogens is 3. The predicted molar refractivity (Wildman–Crippen MR) is 130 cm³/mol. The van der Waals surface area contributed by atoms with Gasteiger partial charge in [-0.25, -0.2) is 0 Å². The number of allylic oxidation sites excluding steroid dienone is 4. The number of benzene rings is 2. The number of rotatable bonds is 3. The summed E-state index contributed by atoms with van der Waals surface area (Å²) in [7, 11) is 0. The van der Waals surface area contributed by atoms with Crippen LogP contribution in [0.25, 0.3) is 0 Å². The summed E-state index contributed by atoms with van der Waals surface area (Å²) in [6.45, 7) is 11.3. The minimum Gasteiger partial charge on any atom is -0.307 e. The van der Waals surface area contributed by atoms with Crippen molar-refractivity contribution in [3.8, 4) is 0 Å². The molecule has 0 fully saturated rings. The second-order valence-electron chi connectivity index (χ2n) is 7.42. The van der Waals surface area contributed by atoms with Crippen molar-refractivity contribution in [2.24, 2.45) is 5.92 Å². The molecule has 0 spiro atoms. The lowest BCUT2D eigenvalue weighted by Crippen LogP contribution is -2.10. The van der Waals surface area contributed by atoms with Gasteiger partial charge in [0.1, 0.15) is 13.1 Å². The molecule has 1 atom stereocenters. The van der Waals surface area contributed by atoms with Crippen LogP contribution >= 0.6 is 0 Å². The molecule has 3 nitrogen and oxygen atoms in total. The minimum absolute atomic E-state index is 0. The highest BCUT2D eigenvalue weighted by atomic mass is 19.4. The molecule has 0 aromatic heterocycles. The Bertz CT molecular complexity index is 984. The molecular weight excluding hydrogens is 429 g/mol. The van der Waals surface area contributed by atoms with Gasteiger partial charge in [-0.15, -0.1) is 0 Å². The van der Waals surface area contributed by atoms with Crippen LogP contribution in [0.4, 0.5) is 13.2 Å². The third kappa shape index (κ3) is 10.7. The van der Waals surface area contributed by atoms with Crippen molar-refractivity contribution in [3.63, 3.8) is 0 Å². The summed E-state index contributed by atoms with van der Waals surface area (Å²) in [5.41, 5.74) is 4.61. The highest BCUT2D eigenvalue weighted by Gasteiger charge is 2.29. The van der Waals surface area contributed by atoms with Crippen LogP contribution < -0.4 is 0 Å². The van der Waals surface area contributed by atoms with Gasteiger partial charge >= 0.3 is 6.18 Å². The summed E-state index contributed by atoms with van der Waals surface area (Å²) in [6.07, 6.45) is 3.02. The van der Waals surface area contributed by atoms with Crippen molar-refractivity contribution < 1.29 is 30.4 Å². The molecule has 6 heteroatoms. The standard InChI is InChI=1S/C16H18O.C8H7F3.C2H4O.CH2O.2H2/c1-11-7-8-14(9-13(11)3)10-16(17)15-6-4-5-12(15)2;1-6-3-2-4-7(5-6)8(9,10)11;1-2-3;1-2;;/h4-9,12H,10H2,1-3H3;2-5H,1H3;2H,1H3;1H2;2*1H. The van der Waals surface area contributed by atoms with Crippen LogP contribution in [0.5, 0.6) is 0 Å². The summed E-state index contributed by atoms with van der Waals surface area (Å²) < 4.78 is 35.9. The second-order valence-corrected chi connectivity index (χ2v) is 7.42. The van der Waals surface area contributed by atoms with E-state index in [0.29, 0.717) is 12.0 Å². The van der Waals surface area contributed by atoms with Gasteiger partial charge in [-0.3, -0.25) is 4.79 Å². The number of alkyl halides is 3. The first-order valence-corrected chi connectivity index (χ1v) is 10.3. The van der Waals surface area contributed by atoms with Gasteiger partial charge in [0.25, 0.3) is 0 Å². The van der Waals surface area contributed by atoms with Gasteiger partial charge in [-0.05, 0) is 50.5 Å². The molecule has 3 rings (SSSR count). The molecule has 0 bridgehead atoms. The third-order valence-electron chi connectivity index (χ3n) is 4.77. The fourth-order valence-electron chi connectivity index (χ4n) is 2.95. The van der Waals surface area contributed by atoms with Crippen LogP contribution in [0.15, 0.2) is 66.3 Å². The maximum Gasteiger partial charge on any atom is 0.416 e. The predicted octanol–water partition coefficient (Wildman–Crippen LogP) is 7.07. The molecule has 1 unspecified atom stereocenters. The van der Waals surface area contributed by atoms with Crippen LogP contribution in [0.2, 0.25) is 0 Å². The largest absolute Gasteiger partial charge is 0.416 e. The minimum atomic E-state index is -4.22. The smallest absolute Gasteiger partial charge is 0.307 e. The average Bonchev–Trinajstić information content (AvgIpc) is 3.19. The molecule has 0 amide bonds. The summed E-state index contributed by atoms with van der Waals surface area (Å²) in [4.78, 5) is 28.9. The van der Waals surface area contributed by atoms with Gasteiger partial charge in [0.2, 0.25) is 0 Å². The number of Topliss-reactive ketones (excluding diaryl/α,β-unsaturated/α-hetero) is 1. The number of ketones is 1. The van der Waals surface area contributed by atoms with Crippen molar-refractivity contribution in [2.75, 3.05) is 0 Å². The fourth-order valence-corrected chi connectivity index (χ4v) is 2.95. The maximum atomic E-state index is 12.1. The zero-order valence-corrected chi connectivity index (χ0v) is 19.7. The molecule has 0 saturated heterocycles. The van der Waals surface area contributed by atoms with E-state index in [0.717, 1.165) is 29.6 Å². The van der Waals surface area contributed by atoms with Gasteiger partial charge in [-0.1, -0.05) is 67.1 Å². The summed E-state index contributed by atoms with van der Waals surface area (Å²) >= 11 is 0. The maximum absolute atomic E-state index is 12.1. The topological polar surface area (TPSA) is 51.2 Å². The van der Waals surface area contributed by atoms with E-state index in [9.17, 15) is 18.0 Å². The third-order valence-corrected chi connectivity index (χ3v) is 4.77. The van der Waals surface area contributed by atoms with Crippen LogP contribution in [-0.4, -0.2) is 18.9 Å². The Labute approximate surface area is 197 Å². The van der Waals surface area contributed by atoms with Crippen LogP contribution in [0.3, 0.4) is 0 Å². The number of hydrogen-bond acceptors (Lipinski definition) is 3. The summed E-state index contributed by atoms with van der Waals surface area (Å²) in [5, 5.41) is 0. The lowest BCUT2D eigenvalue weighted by Gasteiger charge is -2.08. The van der Waals surface area contributed by atoms with E-state index in [-0.39, 0.29) is 14.6 Å². The molecule has 0 saturated carbocycles.